The van der Waals surface area contributed by atoms with Crippen LogP contribution < -0.4 is 10.6 Å². The van der Waals surface area contributed by atoms with Gasteiger partial charge in [-0.2, -0.15) is 5.10 Å². The van der Waals surface area contributed by atoms with Crippen molar-refractivity contribution in [1.29, 1.82) is 0 Å². The number of nitrogens with zero attached hydrogens (tertiary/aromatic N) is 2. The van der Waals surface area contributed by atoms with Crippen molar-refractivity contribution in [3.8, 4) is 0 Å². The third-order valence-corrected chi connectivity index (χ3v) is 3.44. The lowest BCUT2D eigenvalue weighted by Crippen LogP contribution is -2.43. The fourth-order valence-electron chi connectivity index (χ4n) is 1.79. The van der Waals surface area contributed by atoms with E-state index in [-0.39, 0.29) is 18.5 Å². The van der Waals surface area contributed by atoms with E-state index in [1.807, 2.05) is 30.8 Å². The molecule has 0 bridgehead atoms. The lowest BCUT2D eigenvalue weighted by molar-refractivity contribution is 0.114. The number of amides is 2. The van der Waals surface area contributed by atoms with Crippen LogP contribution in [0.15, 0.2) is 18.5 Å². The summed E-state index contributed by atoms with van der Waals surface area (Å²) in [5, 5.41) is 19.4. The zero-order valence-electron chi connectivity index (χ0n) is 12.5. The Labute approximate surface area is 120 Å². The quantitative estimate of drug-likeness (QED) is 0.671. The maximum absolute atomic E-state index is 11.6. The van der Waals surface area contributed by atoms with Crippen LogP contribution in [0, 0.1) is 11.8 Å². The van der Waals surface area contributed by atoms with Crippen LogP contribution in [0.1, 0.15) is 27.2 Å². The van der Waals surface area contributed by atoms with Crippen molar-refractivity contribution in [2.45, 2.75) is 39.8 Å². The molecule has 20 heavy (non-hydrogen) atoms. The fourth-order valence-corrected chi connectivity index (χ4v) is 1.79. The summed E-state index contributed by atoms with van der Waals surface area (Å²) in [5.74, 6) is 0.481. The number of carbonyl (C=O) groups excluding carboxylic acids is 1. The molecule has 3 unspecified atom stereocenters. The van der Waals surface area contributed by atoms with Gasteiger partial charge in [0.15, 0.2) is 0 Å². The zero-order valence-corrected chi connectivity index (χ0v) is 12.5. The van der Waals surface area contributed by atoms with E-state index in [1.54, 1.807) is 6.20 Å². The number of aliphatic hydroxyl groups is 1. The van der Waals surface area contributed by atoms with Gasteiger partial charge in [-0.05, 0) is 17.9 Å². The minimum absolute atomic E-state index is 0.189. The largest absolute Gasteiger partial charge is 0.391 e. The van der Waals surface area contributed by atoms with Gasteiger partial charge in [0.25, 0.3) is 0 Å². The Kier molecular flexibility index (Phi) is 7.08. The summed E-state index contributed by atoms with van der Waals surface area (Å²) < 4.78 is 1.84. The molecular formula is C14H26N4O2. The smallest absolute Gasteiger partial charge is 0.314 e. The fraction of sp³-hybridized carbons (Fsp3) is 0.714. The van der Waals surface area contributed by atoms with Gasteiger partial charge in [0.05, 0.1) is 6.10 Å². The van der Waals surface area contributed by atoms with Gasteiger partial charge in [0.2, 0.25) is 0 Å². The molecule has 0 fully saturated rings. The Balaban J connectivity index is 2.16. The highest BCUT2D eigenvalue weighted by Gasteiger charge is 2.13. The van der Waals surface area contributed by atoms with Crippen LogP contribution >= 0.6 is 0 Å². The lowest BCUT2D eigenvalue weighted by Gasteiger charge is -2.18. The molecular weight excluding hydrogens is 256 g/mol. The molecule has 3 N–H and O–H groups in total. The van der Waals surface area contributed by atoms with Crippen molar-refractivity contribution in [2.75, 3.05) is 13.1 Å². The van der Waals surface area contributed by atoms with E-state index in [1.165, 1.54) is 0 Å². The summed E-state index contributed by atoms with van der Waals surface area (Å²) in [7, 11) is 0. The number of hydrogen-bond donors (Lipinski definition) is 3. The van der Waals surface area contributed by atoms with E-state index in [9.17, 15) is 9.90 Å². The minimum Gasteiger partial charge on any atom is -0.391 e. The molecule has 1 rings (SSSR count). The number of aliphatic hydroxyl groups excluding tert-OH is 1. The molecule has 0 saturated carbocycles. The Morgan fingerprint density at radius 1 is 1.35 bits per heavy atom. The van der Waals surface area contributed by atoms with Gasteiger partial charge >= 0.3 is 6.03 Å². The molecule has 0 saturated heterocycles. The Bertz CT molecular complexity index is 381. The van der Waals surface area contributed by atoms with E-state index in [2.05, 4.69) is 22.7 Å². The summed E-state index contributed by atoms with van der Waals surface area (Å²) in [6.07, 6.45) is 4.04. The summed E-state index contributed by atoms with van der Waals surface area (Å²) in [5.41, 5.74) is 0. The average Bonchev–Trinajstić information content (AvgIpc) is 2.94. The molecule has 2 amide bonds. The van der Waals surface area contributed by atoms with Crippen molar-refractivity contribution < 1.29 is 9.90 Å². The molecule has 0 spiro atoms. The molecule has 1 heterocycles. The normalized spacial score (nSPS) is 15.4. The SMILES string of the molecule is CCC(C)C(O)CNC(=O)NCC(C)Cn1cccn1. The predicted octanol–water partition coefficient (Wildman–Crippen LogP) is 1.23. The summed E-state index contributed by atoms with van der Waals surface area (Å²) in [4.78, 5) is 11.6. The Hall–Kier alpha value is -1.56. The van der Waals surface area contributed by atoms with E-state index in [4.69, 9.17) is 0 Å². The number of carbonyl (C=O) groups is 1. The van der Waals surface area contributed by atoms with Crippen molar-refractivity contribution in [3.63, 3.8) is 0 Å². The van der Waals surface area contributed by atoms with Gasteiger partial charge in [0, 0.05) is 32.0 Å². The van der Waals surface area contributed by atoms with E-state index in [0.717, 1.165) is 13.0 Å². The van der Waals surface area contributed by atoms with Crippen LogP contribution in [0.2, 0.25) is 0 Å². The molecule has 0 aromatic carbocycles. The maximum Gasteiger partial charge on any atom is 0.314 e. The van der Waals surface area contributed by atoms with Crippen molar-refractivity contribution >= 4 is 6.03 Å². The molecule has 0 radical (unpaired) electrons. The molecule has 3 atom stereocenters. The predicted molar refractivity (Wildman–Crippen MR) is 78.3 cm³/mol. The second kappa shape index (κ2) is 8.58. The summed E-state index contributed by atoms with van der Waals surface area (Å²) >= 11 is 0. The Morgan fingerprint density at radius 3 is 2.65 bits per heavy atom. The van der Waals surface area contributed by atoms with Crippen LogP contribution in [0.3, 0.4) is 0 Å². The number of hydrogen-bond acceptors (Lipinski definition) is 3. The van der Waals surface area contributed by atoms with Gasteiger partial charge < -0.3 is 15.7 Å². The highest BCUT2D eigenvalue weighted by molar-refractivity contribution is 5.73. The topological polar surface area (TPSA) is 79.2 Å². The first-order valence-corrected chi connectivity index (χ1v) is 7.20. The number of rotatable bonds is 8. The van der Waals surface area contributed by atoms with Gasteiger partial charge in [-0.15, -0.1) is 0 Å². The Morgan fingerprint density at radius 2 is 2.05 bits per heavy atom. The average molecular weight is 282 g/mol. The highest BCUT2D eigenvalue weighted by atomic mass is 16.3. The van der Waals surface area contributed by atoms with Gasteiger partial charge in [0.1, 0.15) is 0 Å². The van der Waals surface area contributed by atoms with Crippen LogP contribution in [-0.4, -0.2) is 40.1 Å². The third kappa shape index (κ3) is 6.06. The van der Waals surface area contributed by atoms with Crippen LogP contribution in [-0.2, 0) is 6.54 Å². The molecule has 0 aliphatic heterocycles. The van der Waals surface area contributed by atoms with Crippen molar-refractivity contribution in [1.82, 2.24) is 20.4 Å². The first-order valence-electron chi connectivity index (χ1n) is 7.20. The molecule has 6 heteroatoms. The number of aromatic nitrogens is 2. The van der Waals surface area contributed by atoms with Crippen molar-refractivity contribution in [3.05, 3.63) is 18.5 Å². The second-order valence-corrected chi connectivity index (χ2v) is 5.38. The van der Waals surface area contributed by atoms with Crippen LogP contribution in [0.5, 0.6) is 0 Å². The first kappa shape index (κ1) is 16.5. The van der Waals surface area contributed by atoms with Gasteiger partial charge in [-0.25, -0.2) is 4.79 Å². The highest BCUT2D eigenvalue weighted by Crippen LogP contribution is 2.05. The molecule has 1 aromatic rings. The first-order chi connectivity index (χ1) is 9.52. The molecule has 0 aliphatic rings. The lowest BCUT2D eigenvalue weighted by atomic mass is 10.0. The van der Waals surface area contributed by atoms with Crippen molar-refractivity contribution in [2.24, 2.45) is 11.8 Å². The van der Waals surface area contributed by atoms with Gasteiger partial charge in [-0.1, -0.05) is 27.2 Å². The third-order valence-electron chi connectivity index (χ3n) is 3.44. The van der Waals surface area contributed by atoms with E-state index < -0.39 is 6.10 Å². The summed E-state index contributed by atoms with van der Waals surface area (Å²) in [6.45, 7) is 7.67. The molecule has 114 valence electrons. The molecule has 1 aromatic heterocycles. The van der Waals surface area contributed by atoms with Gasteiger partial charge in [-0.3, -0.25) is 4.68 Å². The second-order valence-electron chi connectivity index (χ2n) is 5.38. The monoisotopic (exact) mass is 282 g/mol. The maximum atomic E-state index is 11.6. The minimum atomic E-state index is -0.493. The summed E-state index contributed by atoms with van der Waals surface area (Å²) in [6, 6.07) is 1.64. The molecule has 6 nitrogen and oxygen atoms in total. The number of urea groups is 1. The van der Waals surface area contributed by atoms with Crippen LogP contribution in [0.25, 0.3) is 0 Å². The molecule has 0 aliphatic carbocycles. The number of nitrogens with one attached hydrogen (secondary N) is 2. The zero-order chi connectivity index (χ0) is 15.0. The van der Waals surface area contributed by atoms with E-state index >= 15 is 0 Å². The van der Waals surface area contributed by atoms with Crippen LogP contribution in [0.4, 0.5) is 4.79 Å². The van der Waals surface area contributed by atoms with E-state index in [0.29, 0.717) is 12.5 Å². The standard InChI is InChI=1S/C14H26N4O2/c1-4-12(3)13(19)9-16-14(20)15-8-11(2)10-18-7-5-6-17-18/h5-7,11-13,19H,4,8-10H2,1-3H3,(H2,15,16,20).